The number of nitrogens with one attached hydrogen (secondary N) is 1. The first-order chi connectivity index (χ1) is 13.1. The second kappa shape index (κ2) is 8.51. The molecule has 1 unspecified atom stereocenters. The lowest BCUT2D eigenvalue weighted by atomic mass is 10.1. The predicted molar refractivity (Wildman–Crippen MR) is 104 cm³/mol. The summed E-state index contributed by atoms with van der Waals surface area (Å²) in [6.45, 7) is 2.18. The van der Waals surface area contributed by atoms with Gasteiger partial charge in [0.25, 0.3) is 5.91 Å². The molecule has 0 fully saturated rings. The maximum Gasteiger partial charge on any atom is 0.255 e. The molecule has 0 spiro atoms. The molecule has 0 radical (unpaired) electrons. The molecule has 27 heavy (non-hydrogen) atoms. The van der Waals surface area contributed by atoms with E-state index in [1.807, 2.05) is 54.6 Å². The van der Waals surface area contributed by atoms with Gasteiger partial charge in [0, 0.05) is 17.8 Å². The number of nitrogens with zero attached hydrogens (tertiary/aromatic N) is 2. The van der Waals surface area contributed by atoms with Crippen LogP contribution in [0.1, 0.15) is 22.8 Å². The Hall–Kier alpha value is -3.12. The van der Waals surface area contributed by atoms with Gasteiger partial charge < -0.3 is 15.2 Å². The number of benzene rings is 2. The van der Waals surface area contributed by atoms with E-state index in [0.29, 0.717) is 23.6 Å². The molecule has 0 aliphatic rings. The van der Waals surface area contributed by atoms with E-state index >= 15 is 0 Å². The standard InChI is InChI=1S/C21H23N3O3/c1-15(14-25)22-21(26)19-13-24(12-16-7-4-3-5-8-16)23-20(19)17-9-6-10-18(11-17)27-2/h3-11,13,15,25H,12,14H2,1-2H3,(H,22,26). The predicted octanol–water partition coefficient (Wildman–Crippen LogP) is 2.72. The molecule has 1 atom stereocenters. The van der Waals surface area contributed by atoms with Crippen LogP contribution in [0.5, 0.6) is 5.75 Å². The van der Waals surface area contributed by atoms with Crippen molar-refractivity contribution in [2.75, 3.05) is 13.7 Å². The quantitative estimate of drug-likeness (QED) is 0.675. The highest BCUT2D eigenvalue weighted by atomic mass is 16.5. The summed E-state index contributed by atoms with van der Waals surface area (Å²) < 4.78 is 7.05. The zero-order chi connectivity index (χ0) is 19.2. The number of aliphatic hydroxyl groups excluding tert-OH is 1. The van der Waals surface area contributed by atoms with E-state index in [1.165, 1.54) is 0 Å². The van der Waals surface area contributed by atoms with E-state index in [-0.39, 0.29) is 18.6 Å². The van der Waals surface area contributed by atoms with Crippen LogP contribution in [0, 0.1) is 0 Å². The molecule has 6 nitrogen and oxygen atoms in total. The third-order valence-corrected chi connectivity index (χ3v) is 4.19. The number of aliphatic hydroxyl groups is 1. The zero-order valence-electron chi connectivity index (χ0n) is 15.4. The first-order valence-corrected chi connectivity index (χ1v) is 8.78. The van der Waals surface area contributed by atoms with Gasteiger partial charge in [-0.05, 0) is 24.6 Å². The molecule has 0 saturated carbocycles. The molecule has 3 aromatic rings. The van der Waals surface area contributed by atoms with Gasteiger partial charge in [-0.15, -0.1) is 0 Å². The highest BCUT2D eigenvalue weighted by molar-refractivity contribution is 6.00. The smallest absolute Gasteiger partial charge is 0.255 e. The Morgan fingerprint density at radius 2 is 2.00 bits per heavy atom. The number of rotatable bonds is 7. The molecule has 0 aliphatic heterocycles. The lowest BCUT2D eigenvalue weighted by molar-refractivity contribution is 0.0923. The average Bonchev–Trinajstić information content (AvgIpc) is 3.12. The molecule has 140 valence electrons. The Balaban J connectivity index is 1.99. The summed E-state index contributed by atoms with van der Waals surface area (Å²) in [5, 5.41) is 16.7. The minimum atomic E-state index is -0.340. The Kier molecular flexibility index (Phi) is 5.88. The van der Waals surface area contributed by atoms with Crippen molar-refractivity contribution < 1.29 is 14.6 Å². The fraction of sp³-hybridized carbons (Fsp3) is 0.238. The lowest BCUT2D eigenvalue weighted by Crippen LogP contribution is -2.35. The van der Waals surface area contributed by atoms with Gasteiger partial charge in [0.05, 0.1) is 25.8 Å². The average molecular weight is 365 g/mol. The highest BCUT2D eigenvalue weighted by Gasteiger charge is 2.19. The van der Waals surface area contributed by atoms with Gasteiger partial charge >= 0.3 is 0 Å². The number of carbonyl (C=O) groups excluding carboxylic acids is 1. The molecular formula is C21H23N3O3. The second-order valence-electron chi connectivity index (χ2n) is 6.36. The normalized spacial score (nSPS) is 11.8. The first kappa shape index (κ1) is 18.7. The molecule has 2 N–H and O–H groups in total. The van der Waals surface area contributed by atoms with E-state index in [4.69, 9.17) is 4.74 Å². The van der Waals surface area contributed by atoms with E-state index in [1.54, 1.807) is 24.9 Å². The Morgan fingerprint density at radius 3 is 2.70 bits per heavy atom. The second-order valence-corrected chi connectivity index (χ2v) is 6.36. The van der Waals surface area contributed by atoms with Crippen molar-refractivity contribution in [1.29, 1.82) is 0 Å². The van der Waals surface area contributed by atoms with Crippen LogP contribution in [0.25, 0.3) is 11.3 Å². The molecule has 1 amide bonds. The number of ether oxygens (including phenoxy) is 1. The van der Waals surface area contributed by atoms with E-state index < -0.39 is 0 Å². The molecule has 1 heterocycles. The third kappa shape index (κ3) is 4.54. The maximum atomic E-state index is 12.7. The molecule has 0 bridgehead atoms. The van der Waals surface area contributed by atoms with E-state index in [2.05, 4.69) is 10.4 Å². The summed E-state index contributed by atoms with van der Waals surface area (Å²) >= 11 is 0. The monoisotopic (exact) mass is 365 g/mol. The topological polar surface area (TPSA) is 76.4 Å². The first-order valence-electron chi connectivity index (χ1n) is 8.78. The number of hydrogen-bond acceptors (Lipinski definition) is 4. The molecule has 6 heteroatoms. The van der Waals surface area contributed by atoms with Crippen LogP contribution in [0.2, 0.25) is 0 Å². The third-order valence-electron chi connectivity index (χ3n) is 4.19. The molecule has 3 rings (SSSR count). The van der Waals surface area contributed by atoms with Crippen molar-refractivity contribution in [1.82, 2.24) is 15.1 Å². The molecule has 2 aromatic carbocycles. The van der Waals surface area contributed by atoms with Crippen molar-refractivity contribution in [2.45, 2.75) is 19.5 Å². The van der Waals surface area contributed by atoms with Crippen molar-refractivity contribution in [3.05, 3.63) is 71.9 Å². The van der Waals surface area contributed by atoms with E-state index in [0.717, 1.165) is 11.1 Å². The van der Waals surface area contributed by atoms with Gasteiger partial charge in [-0.1, -0.05) is 42.5 Å². The fourth-order valence-corrected chi connectivity index (χ4v) is 2.77. The minimum Gasteiger partial charge on any atom is -0.497 e. The molecule has 0 saturated heterocycles. The summed E-state index contributed by atoms with van der Waals surface area (Å²) in [4.78, 5) is 12.7. The lowest BCUT2D eigenvalue weighted by Gasteiger charge is -2.10. The van der Waals surface area contributed by atoms with Crippen LogP contribution in [-0.2, 0) is 6.54 Å². The van der Waals surface area contributed by atoms with Gasteiger partial charge in [-0.2, -0.15) is 5.10 Å². The van der Waals surface area contributed by atoms with Gasteiger partial charge in [0.15, 0.2) is 0 Å². The van der Waals surface area contributed by atoms with Gasteiger partial charge in [-0.3, -0.25) is 9.48 Å². The Labute approximate surface area is 158 Å². The number of hydrogen-bond donors (Lipinski definition) is 2. The van der Waals surface area contributed by atoms with Crippen molar-refractivity contribution in [2.24, 2.45) is 0 Å². The highest BCUT2D eigenvalue weighted by Crippen LogP contribution is 2.26. The van der Waals surface area contributed by atoms with Crippen molar-refractivity contribution in [3.63, 3.8) is 0 Å². The van der Waals surface area contributed by atoms with Crippen molar-refractivity contribution in [3.8, 4) is 17.0 Å². The Bertz CT molecular complexity index is 906. The van der Waals surface area contributed by atoms with Crippen LogP contribution in [0.3, 0.4) is 0 Å². The van der Waals surface area contributed by atoms with Crippen molar-refractivity contribution >= 4 is 5.91 Å². The zero-order valence-corrected chi connectivity index (χ0v) is 15.4. The van der Waals surface area contributed by atoms with Gasteiger partial charge in [0.2, 0.25) is 0 Å². The van der Waals surface area contributed by atoms with Crippen LogP contribution in [-0.4, -0.2) is 40.6 Å². The van der Waals surface area contributed by atoms with E-state index in [9.17, 15) is 9.90 Å². The summed E-state index contributed by atoms with van der Waals surface area (Å²) in [6.07, 6.45) is 1.74. The summed E-state index contributed by atoms with van der Waals surface area (Å²) in [5.41, 5.74) is 2.92. The largest absolute Gasteiger partial charge is 0.497 e. The maximum absolute atomic E-state index is 12.7. The van der Waals surface area contributed by atoms with Crippen LogP contribution >= 0.6 is 0 Å². The van der Waals surface area contributed by atoms with Crippen LogP contribution < -0.4 is 10.1 Å². The SMILES string of the molecule is COc1cccc(-c2nn(Cc3ccccc3)cc2C(=O)NC(C)CO)c1. The fourth-order valence-electron chi connectivity index (χ4n) is 2.77. The minimum absolute atomic E-state index is 0.127. The number of methoxy groups -OCH3 is 1. The van der Waals surface area contributed by atoms with Crippen LogP contribution in [0.15, 0.2) is 60.8 Å². The van der Waals surface area contributed by atoms with Gasteiger partial charge in [0.1, 0.15) is 11.4 Å². The number of aromatic nitrogens is 2. The van der Waals surface area contributed by atoms with Gasteiger partial charge in [-0.25, -0.2) is 0 Å². The number of amides is 1. The molecular weight excluding hydrogens is 342 g/mol. The number of carbonyl (C=O) groups is 1. The summed E-state index contributed by atoms with van der Waals surface area (Å²) in [6, 6.07) is 17.0. The molecule has 1 aromatic heterocycles. The summed E-state index contributed by atoms with van der Waals surface area (Å²) in [5.74, 6) is 0.425. The molecule has 0 aliphatic carbocycles. The summed E-state index contributed by atoms with van der Waals surface area (Å²) in [7, 11) is 1.60. The Morgan fingerprint density at radius 1 is 1.22 bits per heavy atom. The van der Waals surface area contributed by atoms with Crippen LogP contribution in [0.4, 0.5) is 0 Å².